The van der Waals surface area contributed by atoms with Gasteiger partial charge in [0.2, 0.25) is 0 Å². The van der Waals surface area contributed by atoms with Crippen LogP contribution in [-0.2, 0) is 11.2 Å². The van der Waals surface area contributed by atoms with Crippen molar-refractivity contribution in [2.45, 2.75) is 32.3 Å². The van der Waals surface area contributed by atoms with E-state index >= 15 is 0 Å². The number of carbonyl (C=O) groups is 2. The summed E-state index contributed by atoms with van der Waals surface area (Å²) in [5.41, 5.74) is 1.66. The number of carbonyl (C=O) groups excluding carboxylic acids is 1. The molecule has 0 aliphatic carbocycles. The van der Waals surface area contributed by atoms with Crippen LogP contribution in [0.3, 0.4) is 0 Å². The maximum absolute atomic E-state index is 11.2. The highest BCUT2D eigenvalue weighted by Gasteiger charge is 2.22. The second-order valence-electron chi connectivity index (χ2n) is 4.26. The lowest BCUT2D eigenvalue weighted by Crippen LogP contribution is -2.25. The fourth-order valence-electron chi connectivity index (χ4n) is 2.00. The molecule has 0 saturated carbocycles. The van der Waals surface area contributed by atoms with Crippen LogP contribution in [0.1, 0.15) is 35.7 Å². The molecule has 0 aromatic heterocycles. The molecule has 1 unspecified atom stereocenters. The SMILES string of the molecule is CC(=O)c1ccc2c(c1)CCC(CC(=O)O)O2. The Morgan fingerprint density at radius 1 is 1.47 bits per heavy atom. The first kappa shape index (κ1) is 11.6. The topological polar surface area (TPSA) is 63.6 Å². The summed E-state index contributed by atoms with van der Waals surface area (Å²) < 4.78 is 5.59. The minimum atomic E-state index is -0.848. The Morgan fingerprint density at radius 2 is 2.24 bits per heavy atom. The Kier molecular flexibility index (Phi) is 3.13. The molecular formula is C13H14O4. The number of aliphatic carboxylic acids is 1. The van der Waals surface area contributed by atoms with Gasteiger partial charge in [-0.05, 0) is 43.5 Å². The van der Waals surface area contributed by atoms with Crippen molar-refractivity contribution in [3.8, 4) is 5.75 Å². The van der Waals surface area contributed by atoms with Gasteiger partial charge in [-0.25, -0.2) is 0 Å². The van der Waals surface area contributed by atoms with E-state index in [4.69, 9.17) is 9.84 Å². The first-order valence-corrected chi connectivity index (χ1v) is 5.58. The first-order chi connectivity index (χ1) is 8.06. The van der Waals surface area contributed by atoms with Gasteiger partial charge in [-0.2, -0.15) is 0 Å². The average molecular weight is 234 g/mol. The number of carboxylic acid groups (broad SMARTS) is 1. The van der Waals surface area contributed by atoms with Crippen LogP contribution in [-0.4, -0.2) is 23.0 Å². The summed E-state index contributed by atoms with van der Waals surface area (Å²) in [5, 5.41) is 8.71. The molecule has 0 fully saturated rings. The van der Waals surface area contributed by atoms with Gasteiger partial charge in [0, 0.05) is 5.56 Å². The summed E-state index contributed by atoms with van der Waals surface area (Å²) in [7, 11) is 0. The van der Waals surface area contributed by atoms with Crippen molar-refractivity contribution in [1.29, 1.82) is 0 Å². The molecule has 0 radical (unpaired) electrons. The van der Waals surface area contributed by atoms with Gasteiger partial charge in [0.15, 0.2) is 5.78 Å². The number of ether oxygens (including phenoxy) is 1. The molecule has 0 bridgehead atoms. The van der Waals surface area contributed by atoms with Crippen molar-refractivity contribution in [2.24, 2.45) is 0 Å². The molecule has 0 amide bonds. The van der Waals surface area contributed by atoms with Crippen LogP contribution >= 0.6 is 0 Å². The van der Waals surface area contributed by atoms with Gasteiger partial charge in [-0.3, -0.25) is 9.59 Å². The molecule has 4 nitrogen and oxygen atoms in total. The second-order valence-corrected chi connectivity index (χ2v) is 4.26. The Morgan fingerprint density at radius 3 is 2.88 bits per heavy atom. The highest BCUT2D eigenvalue weighted by molar-refractivity contribution is 5.94. The summed E-state index contributed by atoms with van der Waals surface area (Å²) in [6, 6.07) is 5.29. The lowest BCUT2D eigenvalue weighted by molar-refractivity contribution is -0.139. The first-order valence-electron chi connectivity index (χ1n) is 5.58. The Bertz CT molecular complexity index is 464. The van der Waals surface area contributed by atoms with Crippen LogP contribution in [0.25, 0.3) is 0 Å². The fraction of sp³-hybridized carbons (Fsp3) is 0.385. The molecule has 1 heterocycles. The van der Waals surface area contributed by atoms with Crippen molar-refractivity contribution in [1.82, 2.24) is 0 Å². The van der Waals surface area contributed by atoms with Gasteiger partial charge >= 0.3 is 5.97 Å². The van der Waals surface area contributed by atoms with E-state index < -0.39 is 5.97 Å². The van der Waals surface area contributed by atoms with Crippen LogP contribution in [0.4, 0.5) is 0 Å². The number of ketones is 1. The van der Waals surface area contributed by atoms with Crippen LogP contribution < -0.4 is 4.74 Å². The molecule has 90 valence electrons. The Hall–Kier alpha value is -1.84. The maximum Gasteiger partial charge on any atom is 0.307 e. The minimum Gasteiger partial charge on any atom is -0.490 e. The highest BCUT2D eigenvalue weighted by Crippen LogP contribution is 2.29. The van der Waals surface area contributed by atoms with Gasteiger partial charge in [0.25, 0.3) is 0 Å². The van der Waals surface area contributed by atoms with Gasteiger partial charge in [0.1, 0.15) is 11.9 Å². The molecule has 4 heteroatoms. The third kappa shape index (κ3) is 2.64. The molecule has 1 N–H and O–H groups in total. The summed E-state index contributed by atoms with van der Waals surface area (Å²) in [6.45, 7) is 1.53. The van der Waals surface area contributed by atoms with Crippen molar-refractivity contribution in [2.75, 3.05) is 0 Å². The van der Waals surface area contributed by atoms with Gasteiger partial charge in [-0.1, -0.05) is 0 Å². The molecule has 1 aromatic carbocycles. The normalized spacial score (nSPS) is 18.1. The zero-order valence-electron chi connectivity index (χ0n) is 9.60. The third-order valence-electron chi connectivity index (χ3n) is 2.90. The lowest BCUT2D eigenvalue weighted by atomic mass is 9.98. The molecule has 1 aliphatic heterocycles. The predicted molar refractivity (Wildman–Crippen MR) is 61.4 cm³/mol. The molecule has 0 saturated heterocycles. The van der Waals surface area contributed by atoms with Gasteiger partial charge in [-0.15, -0.1) is 0 Å². The number of hydrogen-bond donors (Lipinski definition) is 1. The fourth-order valence-corrected chi connectivity index (χ4v) is 2.00. The van der Waals surface area contributed by atoms with E-state index in [2.05, 4.69) is 0 Å². The van der Waals surface area contributed by atoms with E-state index in [1.54, 1.807) is 12.1 Å². The monoisotopic (exact) mass is 234 g/mol. The molecule has 17 heavy (non-hydrogen) atoms. The number of rotatable bonds is 3. The number of aryl methyl sites for hydroxylation is 1. The van der Waals surface area contributed by atoms with E-state index in [0.717, 1.165) is 12.0 Å². The van der Waals surface area contributed by atoms with Crippen LogP contribution in [0.2, 0.25) is 0 Å². The number of carboxylic acids is 1. The maximum atomic E-state index is 11.2. The summed E-state index contributed by atoms with van der Waals surface area (Å²) in [6.07, 6.45) is 1.20. The molecular weight excluding hydrogens is 220 g/mol. The smallest absolute Gasteiger partial charge is 0.307 e. The second kappa shape index (κ2) is 4.57. The summed E-state index contributed by atoms with van der Waals surface area (Å²) >= 11 is 0. The third-order valence-corrected chi connectivity index (χ3v) is 2.90. The molecule has 0 spiro atoms. The zero-order chi connectivity index (χ0) is 12.4. The van der Waals surface area contributed by atoms with E-state index in [9.17, 15) is 9.59 Å². The van der Waals surface area contributed by atoms with Crippen LogP contribution in [0.5, 0.6) is 5.75 Å². The van der Waals surface area contributed by atoms with Crippen LogP contribution in [0, 0.1) is 0 Å². The number of fused-ring (bicyclic) bond motifs is 1. The Balaban J connectivity index is 2.17. The van der Waals surface area contributed by atoms with Crippen molar-refractivity contribution in [3.05, 3.63) is 29.3 Å². The molecule has 1 aliphatic rings. The molecule has 1 aromatic rings. The van der Waals surface area contributed by atoms with E-state index in [1.807, 2.05) is 6.07 Å². The van der Waals surface area contributed by atoms with Gasteiger partial charge < -0.3 is 9.84 Å². The van der Waals surface area contributed by atoms with Crippen molar-refractivity contribution < 1.29 is 19.4 Å². The average Bonchev–Trinajstić information content (AvgIpc) is 2.27. The van der Waals surface area contributed by atoms with Crippen molar-refractivity contribution >= 4 is 11.8 Å². The van der Waals surface area contributed by atoms with E-state index in [0.29, 0.717) is 17.7 Å². The standard InChI is InChI=1S/C13H14O4/c1-8(14)9-3-5-12-10(6-9)2-4-11(17-12)7-13(15)16/h3,5-6,11H,2,4,7H2,1H3,(H,15,16). The lowest BCUT2D eigenvalue weighted by Gasteiger charge is -2.25. The Labute approximate surface area is 99.2 Å². The molecule has 2 rings (SSSR count). The summed E-state index contributed by atoms with van der Waals surface area (Å²) in [4.78, 5) is 21.8. The highest BCUT2D eigenvalue weighted by atomic mass is 16.5. The minimum absolute atomic E-state index is 0.0217. The van der Waals surface area contributed by atoms with Gasteiger partial charge in [0.05, 0.1) is 6.42 Å². The largest absolute Gasteiger partial charge is 0.490 e. The van der Waals surface area contributed by atoms with E-state index in [1.165, 1.54) is 6.92 Å². The number of hydrogen-bond acceptors (Lipinski definition) is 3. The quantitative estimate of drug-likeness (QED) is 0.813. The zero-order valence-corrected chi connectivity index (χ0v) is 9.60. The van der Waals surface area contributed by atoms with E-state index in [-0.39, 0.29) is 18.3 Å². The number of Topliss-reactive ketones (excluding diaryl/α,β-unsaturated/α-hetero) is 1. The summed E-state index contributed by atoms with van der Waals surface area (Å²) in [5.74, 6) is -0.119. The number of benzene rings is 1. The van der Waals surface area contributed by atoms with Crippen LogP contribution in [0.15, 0.2) is 18.2 Å². The van der Waals surface area contributed by atoms with Crippen molar-refractivity contribution in [3.63, 3.8) is 0 Å². The molecule has 1 atom stereocenters. The predicted octanol–water partition coefficient (Wildman–Crippen LogP) is 2.06.